The quantitative estimate of drug-likeness (QED) is 0.430. The van der Waals surface area contributed by atoms with Crippen LogP contribution in [-0.4, -0.2) is 37.8 Å². The van der Waals surface area contributed by atoms with Crippen LogP contribution >= 0.6 is 23.2 Å². The van der Waals surface area contributed by atoms with E-state index in [1.807, 2.05) is 0 Å². The van der Waals surface area contributed by atoms with E-state index in [2.05, 4.69) is 20.3 Å². The van der Waals surface area contributed by atoms with Crippen molar-refractivity contribution in [2.45, 2.75) is 23.8 Å². The molecule has 1 aliphatic rings. The van der Waals surface area contributed by atoms with Crippen LogP contribution in [0.3, 0.4) is 0 Å². The van der Waals surface area contributed by atoms with E-state index in [0.717, 1.165) is 6.07 Å². The molecule has 8 nitrogen and oxygen atoms in total. The van der Waals surface area contributed by atoms with E-state index >= 15 is 4.39 Å². The number of rotatable bonds is 5. The summed E-state index contributed by atoms with van der Waals surface area (Å²) in [5, 5.41) is 6.26. The SMILES string of the molecule is O=C1CC[C@H](NC(=O)c2cccc(S(=O)(=O)Nc3ccc(Cl)c4c(Cl)c[nH]c34)c2F)CN1. The summed E-state index contributed by atoms with van der Waals surface area (Å²) in [7, 11) is -4.40. The van der Waals surface area contributed by atoms with Crippen molar-refractivity contribution in [3.63, 3.8) is 0 Å². The maximum absolute atomic E-state index is 15.1. The molecule has 168 valence electrons. The average molecular weight is 499 g/mol. The number of hydrogen-bond donors (Lipinski definition) is 4. The minimum absolute atomic E-state index is 0.114. The molecule has 0 saturated carbocycles. The fourth-order valence-corrected chi connectivity index (χ4v) is 5.20. The highest BCUT2D eigenvalue weighted by molar-refractivity contribution is 7.92. The van der Waals surface area contributed by atoms with Gasteiger partial charge in [-0.1, -0.05) is 29.3 Å². The van der Waals surface area contributed by atoms with Crippen LogP contribution in [0, 0.1) is 5.82 Å². The van der Waals surface area contributed by atoms with Crippen molar-refractivity contribution in [3.05, 3.63) is 58.0 Å². The number of anilines is 1. The minimum Gasteiger partial charge on any atom is -0.358 e. The van der Waals surface area contributed by atoms with E-state index in [4.69, 9.17) is 23.2 Å². The molecule has 0 spiro atoms. The lowest BCUT2D eigenvalue weighted by Gasteiger charge is -2.23. The zero-order valence-electron chi connectivity index (χ0n) is 16.3. The van der Waals surface area contributed by atoms with Crippen molar-refractivity contribution in [3.8, 4) is 0 Å². The Morgan fingerprint density at radius 2 is 1.94 bits per heavy atom. The Labute approximate surface area is 192 Å². The summed E-state index contributed by atoms with van der Waals surface area (Å²) in [5.74, 6) is -2.08. The van der Waals surface area contributed by atoms with Gasteiger partial charge in [0.15, 0.2) is 5.82 Å². The van der Waals surface area contributed by atoms with Crippen LogP contribution in [0.25, 0.3) is 10.9 Å². The first-order chi connectivity index (χ1) is 15.2. The molecule has 0 bridgehead atoms. The third-order valence-corrected chi connectivity index (χ3v) is 7.08. The molecule has 1 aliphatic heterocycles. The van der Waals surface area contributed by atoms with Crippen molar-refractivity contribution in [1.29, 1.82) is 0 Å². The number of piperidine rings is 1. The number of carbonyl (C=O) groups excluding carboxylic acids is 2. The van der Waals surface area contributed by atoms with Gasteiger partial charge in [-0.05, 0) is 30.7 Å². The Morgan fingerprint density at radius 3 is 2.66 bits per heavy atom. The number of sulfonamides is 1. The summed E-state index contributed by atoms with van der Waals surface area (Å²) >= 11 is 12.2. The van der Waals surface area contributed by atoms with Crippen LogP contribution in [0.2, 0.25) is 10.0 Å². The molecule has 0 aliphatic carbocycles. The highest BCUT2D eigenvalue weighted by Gasteiger charge is 2.27. The zero-order chi connectivity index (χ0) is 23.0. The van der Waals surface area contributed by atoms with E-state index in [1.165, 1.54) is 30.5 Å². The number of amides is 2. The Bertz CT molecular complexity index is 1330. The molecule has 12 heteroatoms. The van der Waals surface area contributed by atoms with Crippen LogP contribution in [0.4, 0.5) is 10.1 Å². The Hall–Kier alpha value is -2.82. The van der Waals surface area contributed by atoms with E-state index in [0.29, 0.717) is 27.4 Å². The lowest BCUT2D eigenvalue weighted by molar-refractivity contribution is -0.122. The molecule has 1 atom stereocenters. The molecule has 2 aromatic carbocycles. The summed E-state index contributed by atoms with van der Waals surface area (Å²) in [5.41, 5.74) is 0.0252. The van der Waals surface area contributed by atoms with Crippen LogP contribution in [0.15, 0.2) is 41.4 Å². The lowest BCUT2D eigenvalue weighted by Crippen LogP contribution is -2.47. The van der Waals surface area contributed by atoms with Gasteiger partial charge < -0.3 is 15.6 Å². The van der Waals surface area contributed by atoms with Gasteiger partial charge in [-0.2, -0.15) is 0 Å². The smallest absolute Gasteiger partial charge is 0.264 e. The van der Waals surface area contributed by atoms with Gasteiger partial charge in [-0.15, -0.1) is 0 Å². The number of aromatic amines is 1. The fraction of sp³-hybridized carbons (Fsp3) is 0.200. The minimum atomic E-state index is -4.40. The van der Waals surface area contributed by atoms with Crippen molar-refractivity contribution in [1.82, 2.24) is 15.6 Å². The Balaban J connectivity index is 1.62. The lowest BCUT2D eigenvalue weighted by atomic mass is 10.1. The second kappa shape index (κ2) is 8.61. The number of carbonyl (C=O) groups is 2. The summed E-state index contributed by atoms with van der Waals surface area (Å²) < 4.78 is 43.3. The van der Waals surface area contributed by atoms with Crippen molar-refractivity contribution < 1.29 is 22.4 Å². The molecule has 1 fully saturated rings. The van der Waals surface area contributed by atoms with Gasteiger partial charge in [0.1, 0.15) is 4.90 Å². The average Bonchev–Trinajstić information content (AvgIpc) is 3.14. The summed E-state index contributed by atoms with van der Waals surface area (Å²) in [6.07, 6.45) is 2.10. The second-order valence-corrected chi connectivity index (χ2v) is 9.68. The first-order valence-corrected chi connectivity index (χ1v) is 11.8. The normalized spacial score (nSPS) is 16.6. The molecular formula is C20H17Cl2FN4O4S. The van der Waals surface area contributed by atoms with Gasteiger partial charge in [-0.25, -0.2) is 12.8 Å². The number of nitrogens with one attached hydrogen (secondary N) is 4. The van der Waals surface area contributed by atoms with E-state index in [9.17, 15) is 18.0 Å². The molecule has 0 unspecified atom stereocenters. The molecule has 4 rings (SSSR count). The third-order valence-electron chi connectivity index (χ3n) is 5.08. The predicted molar refractivity (Wildman–Crippen MR) is 119 cm³/mol. The number of H-pyrrole nitrogens is 1. The maximum atomic E-state index is 15.1. The maximum Gasteiger partial charge on any atom is 0.264 e. The number of hydrogen-bond acceptors (Lipinski definition) is 4. The van der Waals surface area contributed by atoms with E-state index < -0.39 is 32.2 Å². The molecule has 2 heterocycles. The summed E-state index contributed by atoms with van der Waals surface area (Å²) in [4.78, 5) is 25.9. The van der Waals surface area contributed by atoms with Gasteiger partial charge in [0.2, 0.25) is 5.91 Å². The monoisotopic (exact) mass is 498 g/mol. The summed E-state index contributed by atoms with van der Waals surface area (Å²) in [6, 6.07) is 6.03. The van der Waals surface area contributed by atoms with Crippen molar-refractivity contribution in [2.24, 2.45) is 0 Å². The Morgan fingerprint density at radius 1 is 1.16 bits per heavy atom. The van der Waals surface area contributed by atoms with Crippen LogP contribution in [0.1, 0.15) is 23.2 Å². The van der Waals surface area contributed by atoms with Crippen LogP contribution < -0.4 is 15.4 Å². The number of halogens is 3. The number of benzene rings is 2. The van der Waals surface area contributed by atoms with Gasteiger partial charge >= 0.3 is 0 Å². The predicted octanol–water partition coefficient (Wildman–Crippen LogP) is 3.42. The molecule has 4 N–H and O–H groups in total. The van der Waals surface area contributed by atoms with Crippen molar-refractivity contribution >= 4 is 61.6 Å². The largest absolute Gasteiger partial charge is 0.358 e. The molecule has 1 aromatic heterocycles. The van der Waals surface area contributed by atoms with Gasteiger partial charge in [0.25, 0.3) is 15.9 Å². The molecule has 1 saturated heterocycles. The highest BCUT2D eigenvalue weighted by Crippen LogP contribution is 2.35. The van der Waals surface area contributed by atoms with Crippen LogP contribution in [0.5, 0.6) is 0 Å². The van der Waals surface area contributed by atoms with Crippen LogP contribution in [-0.2, 0) is 14.8 Å². The van der Waals surface area contributed by atoms with Crippen molar-refractivity contribution in [2.75, 3.05) is 11.3 Å². The zero-order valence-corrected chi connectivity index (χ0v) is 18.7. The molecular weight excluding hydrogens is 482 g/mol. The van der Waals surface area contributed by atoms with Gasteiger partial charge in [0, 0.05) is 30.6 Å². The molecule has 32 heavy (non-hydrogen) atoms. The highest BCUT2D eigenvalue weighted by atomic mass is 35.5. The summed E-state index contributed by atoms with van der Waals surface area (Å²) in [6.45, 7) is 0.219. The van der Waals surface area contributed by atoms with E-state index in [1.54, 1.807) is 0 Å². The second-order valence-electron chi connectivity index (χ2n) is 7.22. The standard InChI is InChI=1S/C20H17Cl2FN4O4S/c21-12-5-6-14(19-17(12)13(22)9-25-19)27-32(30,31)15-3-1-2-11(18(15)23)20(29)26-10-4-7-16(28)24-8-10/h1-3,5-6,9-10,25,27H,4,7-8H2,(H,24,28)(H,26,29)/t10-/m0/s1. The number of aromatic nitrogens is 1. The third kappa shape index (κ3) is 4.25. The molecule has 3 aromatic rings. The molecule has 0 radical (unpaired) electrons. The Kier molecular flexibility index (Phi) is 6.02. The van der Waals surface area contributed by atoms with E-state index in [-0.39, 0.29) is 30.6 Å². The fourth-order valence-electron chi connectivity index (χ4n) is 3.47. The van der Waals surface area contributed by atoms with Gasteiger partial charge in [-0.3, -0.25) is 14.3 Å². The molecule has 2 amide bonds. The van der Waals surface area contributed by atoms with Gasteiger partial charge in [0.05, 0.1) is 26.8 Å². The topological polar surface area (TPSA) is 120 Å². The number of fused-ring (bicyclic) bond motifs is 1. The first kappa shape index (κ1) is 22.4. The first-order valence-electron chi connectivity index (χ1n) is 9.51.